The Labute approximate surface area is 119 Å². The first-order chi connectivity index (χ1) is 9.65. The lowest BCUT2D eigenvalue weighted by atomic mass is 10.1. The molecule has 4 nitrogen and oxygen atoms in total. The quantitative estimate of drug-likeness (QED) is 0.909. The van der Waals surface area contributed by atoms with Crippen molar-refractivity contribution in [1.82, 2.24) is 14.9 Å². The van der Waals surface area contributed by atoms with Crippen molar-refractivity contribution in [3.8, 4) is 0 Å². The molecule has 0 radical (unpaired) electrons. The van der Waals surface area contributed by atoms with Gasteiger partial charge in [0.15, 0.2) is 0 Å². The summed E-state index contributed by atoms with van der Waals surface area (Å²) >= 11 is 0. The maximum absolute atomic E-state index is 11.6. The number of carbonyl (C=O) groups is 1. The van der Waals surface area contributed by atoms with Crippen LogP contribution in [0.25, 0.3) is 11.0 Å². The molecular weight excluding hydrogens is 250 g/mol. The Kier molecular flexibility index (Phi) is 3.47. The van der Waals surface area contributed by atoms with E-state index >= 15 is 0 Å². The molecule has 1 aliphatic rings. The molecule has 0 saturated heterocycles. The number of imidazole rings is 1. The average molecular weight is 271 g/mol. The lowest BCUT2D eigenvalue weighted by Crippen LogP contribution is -2.26. The Morgan fingerprint density at radius 3 is 2.95 bits per heavy atom. The van der Waals surface area contributed by atoms with E-state index in [1.165, 1.54) is 11.1 Å². The molecule has 1 aliphatic carbocycles. The van der Waals surface area contributed by atoms with Gasteiger partial charge in [0.1, 0.15) is 0 Å². The first kappa shape index (κ1) is 13.2. The Bertz CT molecular complexity index is 626. The number of hydrogen-bond acceptors (Lipinski definition) is 2. The van der Waals surface area contributed by atoms with Gasteiger partial charge in [-0.3, -0.25) is 4.79 Å². The third-order valence-corrected chi connectivity index (χ3v) is 3.86. The summed E-state index contributed by atoms with van der Waals surface area (Å²) in [6.07, 6.45) is 4.88. The van der Waals surface area contributed by atoms with E-state index < -0.39 is 0 Å². The number of hydrogen-bond donors (Lipinski definition) is 1. The van der Waals surface area contributed by atoms with Crippen LogP contribution in [0.2, 0.25) is 0 Å². The summed E-state index contributed by atoms with van der Waals surface area (Å²) in [6.45, 7) is 5.02. The molecule has 3 rings (SSSR count). The molecule has 0 spiro atoms. The van der Waals surface area contributed by atoms with Gasteiger partial charge in [-0.2, -0.15) is 0 Å². The number of nitrogens with one attached hydrogen (secondary N) is 1. The molecular formula is C16H21N3O. The summed E-state index contributed by atoms with van der Waals surface area (Å²) in [6, 6.07) is 6.80. The van der Waals surface area contributed by atoms with Crippen LogP contribution < -0.4 is 5.32 Å². The molecule has 4 heteroatoms. The molecule has 1 aromatic heterocycles. The minimum atomic E-state index is 0.218. The number of carbonyl (C=O) groups excluding carboxylic acids is 1. The van der Waals surface area contributed by atoms with Crippen LogP contribution in [0.5, 0.6) is 0 Å². The van der Waals surface area contributed by atoms with Gasteiger partial charge < -0.3 is 9.88 Å². The highest BCUT2D eigenvalue weighted by Gasteiger charge is 2.28. The van der Waals surface area contributed by atoms with Crippen LogP contribution in [0.4, 0.5) is 0 Å². The lowest BCUT2D eigenvalue weighted by Gasteiger charge is -2.08. The maximum atomic E-state index is 11.6. The lowest BCUT2D eigenvalue weighted by molar-refractivity contribution is -0.122. The number of amides is 1. The van der Waals surface area contributed by atoms with Gasteiger partial charge in [-0.15, -0.1) is 0 Å². The number of benzene rings is 1. The SMILES string of the molecule is CC(C)n1cnc2cc(CCNC(=O)C3CC3)ccc21. The number of aromatic nitrogens is 2. The highest BCUT2D eigenvalue weighted by atomic mass is 16.2. The minimum Gasteiger partial charge on any atom is -0.356 e. The van der Waals surface area contributed by atoms with Crippen LogP contribution in [0.1, 0.15) is 38.3 Å². The molecule has 1 aromatic carbocycles. The standard InChI is InChI=1S/C16H21N3O/c1-11(2)19-10-18-14-9-12(3-6-15(14)19)7-8-17-16(20)13-4-5-13/h3,6,9-11,13H,4-5,7-8H2,1-2H3,(H,17,20). The Hall–Kier alpha value is -1.84. The highest BCUT2D eigenvalue weighted by Crippen LogP contribution is 2.28. The molecule has 1 amide bonds. The van der Waals surface area contributed by atoms with Gasteiger partial charge in [-0.05, 0) is 50.8 Å². The normalized spacial score (nSPS) is 14.9. The first-order valence-electron chi connectivity index (χ1n) is 7.38. The second-order valence-electron chi connectivity index (χ2n) is 5.88. The van der Waals surface area contributed by atoms with E-state index in [0.717, 1.165) is 24.8 Å². The minimum absolute atomic E-state index is 0.218. The van der Waals surface area contributed by atoms with E-state index in [1.807, 2.05) is 6.33 Å². The number of rotatable bonds is 5. The van der Waals surface area contributed by atoms with Gasteiger partial charge in [-0.25, -0.2) is 4.98 Å². The molecule has 106 valence electrons. The summed E-state index contributed by atoms with van der Waals surface area (Å²) in [7, 11) is 0. The summed E-state index contributed by atoms with van der Waals surface area (Å²) in [4.78, 5) is 16.0. The van der Waals surface area contributed by atoms with Crippen molar-refractivity contribution in [2.24, 2.45) is 5.92 Å². The van der Waals surface area contributed by atoms with Gasteiger partial charge in [-0.1, -0.05) is 6.07 Å². The topological polar surface area (TPSA) is 46.9 Å². The van der Waals surface area contributed by atoms with Crippen LogP contribution in [-0.4, -0.2) is 22.0 Å². The van der Waals surface area contributed by atoms with Gasteiger partial charge in [0.25, 0.3) is 0 Å². The fourth-order valence-electron chi connectivity index (χ4n) is 2.46. The van der Waals surface area contributed by atoms with E-state index in [0.29, 0.717) is 18.5 Å². The second kappa shape index (κ2) is 5.27. The molecule has 0 aliphatic heterocycles. The fraction of sp³-hybridized carbons (Fsp3) is 0.500. The van der Waals surface area contributed by atoms with Crippen molar-refractivity contribution < 1.29 is 4.79 Å². The van der Waals surface area contributed by atoms with E-state index in [2.05, 4.69) is 46.9 Å². The summed E-state index contributed by atoms with van der Waals surface area (Å²) in [5, 5.41) is 3.00. The molecule has 1 saturated carbocycles. The zero-order chi connectivity index (χ0) is 14.1. The molecule has 0 atom stereocenters. The van der Waals surface area contributed by atoms with Crippen LogP contribution in [0.15, 0.2) is 24.5 Å². The van der Waals surface area contributed by atoms with E-state index in [-0.39, 0.29) is 5.91 Å². The van der Waals surface area contributed by atoms with Gasteiger partial charge >= 0.3 is 0 Å². The largest absolute Gasteiger partial charge is 0.356 e. The van der Waals surface area contributed by atoms with Crippen LogP contribution in [0, 0.1) is 5.92 Å². The monoisotopic (exact) mass is 271 g/mol. The first-order valence-corrected chi connectivity index (χ1v) is 7.38. The van der Waals surface area contributed by atoms with Crippen molar-refractivity contribution in [3.63, 3.8) is 0 Å². The van der Waals surface area contributed by atoms with Gasteiger partial charge in [0, 0.05) is 18.5 Å². The predicted octanol–water partition coefficient (Wildman–Crippen LogP) is 2.69. The smallest absolute Gasteiger partial charge is 0.223 e. The van der Waals surface area contributed by atoms with Crippen LogP contribution >= 0.6 is 0 Å². The van der Waals surface area contributed by atoms with E-state index in [4.69, 9.17) is 0 Å². The highest BCUT2D eigenvalue weighted by molar-refractivity contribution is 5.80. The van der Waals surface area contributed by atoms with Gasteiger partial charge in [0.05, 0.1) is 17.4 Å². The zero-order valence-electron chi connectivity index (χ0n) is 12.1. The van der Waals surface area contributed by atoms with Crippen molar-refractivity contribution in [2.75, 3.05) is 6.54 Å². The van der Waals surface area contributed by atoms with Crippen molar-refractivity contribution in [1.29, 1.82) is 0 Å². The molecule has 1 fully saturated rings. The molecule has 1 N–H and O–H groups in total. The predicted molar refractivity (Wildman–Crippen MR) is 79.6 cm³/mol. The van der Waals surface area contributed by atoms with E-state index in [9.17, 15) is 4.79 Å². The van der Waals surface area contributed by atoms with Gasteiger partial charge in [0.2, 0.25) is 5.91 Å². The molecule has 0 bridgehead atoms. The van der Waals surface area contributed by atoms with Crippen molar-refractivity contribution in [2.45, 2.75) is 39.2 Å². The summed E-state index contributed by atoms with van der Waals surface area (Å²) in [5.74, 6) is 0.509. The average Bonchev–Trinajstić information content (AvgIpc) is 3.18. The summed E-state index contributed by atoms with van der Waals surface area (Å²) < 4.78 is 2.17. The maximum Gasteiger partial charge on any atom is 0.223 e. The molecule has 1 heterocycles. The Morgan fingerprint density at radius 2 is 2.25 bits per heavy atom. The Morgan fingerprint density at radius 1 is 1.45 bits per heavy atom. The third kappa shape index (κ3) is 2.69. The second-order valence-corrected chi connectivity index (χ2v) is 5.88. The molecule has 2 aromatic rings. The number of fused-ring (bicyclic) bond motifs is 1. The van der Waals surface area contributed by atoms with Crippen molar-refractivity contribution >= 4 is 16.9 Å². The fourth-order valence-corrected chi connectivity index (χ4v) is 2.46. The summed E-state index contributed by atoms with van der Waals surface area (Å²) in [5.41, 5.74) is 3.43. The van der Waals surface area contributed by atoms with Crippen LogP contribution in [-0.2, 0) is 11.2 Å². The van der Waals surface area contributed by atoms with Crippen LogP contribution in [0.3, 0.4) is 0 Å². The van der Waals surface area contributed by atoms with Crippen molar-refractivity contribution in [3.05, 3.63) is 30.1 Å². The third-order valence-electron chi connectivity index (χ3n) is 3.86. The zero-order valence-corrected chi connectivity index (χ0v) is 12.1. The number of nitrogens with zero attached hydrogens (tertiary/aromatic N) is 2. The van der Waals surface area contributed by atoms with E-state index in [1.54, 1.807) is 0 Å². The Balaban J connectivity index is 1.65. The molecule has 20 heavy (non-hydrogen) atoms. The molecule has 0 unspecified atom stereocenters.